The van der Waals surface area contributed by atoms with Crippen molar-refractivity contribution in [3.8, 4) is 16.3 Å². The summed E-state index contributed by atoms with van der Waals surface area (Å²) in [6.45, 7) is 9.43. The number of likely N-dealkylation sites (N-methyl/N-ethyl adjacent to an activating group) is 1. The molecule has 1 fully saturated rings. The zero-order chi connectivity index (χ0) is 20.4. The van der Waals surface area contributed by atoms with E-state index in [0.29, 0.717) is 6.04 Å². The molecule has 2 aromatic rings. The molecule has 0 saturated heterocycles. The molecule has 4 heteroatoms. The summed E-state index contributed by atoms with van der Waals surface area (Å²) in [5.41, 5.74) is 6.74. The number of nitrogens with one attached hydrogen (secondary N) is 1. The van der Waals surface area contributed by atoms with E-state index in [2.05, 4.69) is 69.4 Å². The van der Waals surface area contributed by atoms with Crippen LogP contribution in [0.25, 0.3) is 16.1 Å². The molecule has 2 aliphatic carbocycles. The maximum Gasteiger partial charge on any atom is 0.123 e. The lowest BCUT2D eigenvalue weighted by Crippen LogP contribution is -2.33. The molecule has 29 heavy (non-hydrogen) atoms. The quantitative estimate of drug-likeness (QED) is 0.610. The average Bonchev–Trinajstić information content (AvgIpc) is 3.11. The molecule has 0 aliphatic heterocycles. The lowest BCUT2D eigenvalue weighted by atomic mass is 9.84. The van der Waals surface area contributed by atoms with Crippen LogP contribution in [0.4, 0.5) is 0 Å². The summed E-state index contributed by atoms with van der Waals surface area (Å²) in [7, 11) is 0. The van der Waals surface area contributed by atoms with E-state index in [1.54, 1.807) is 16.9 Å². The van der Waals surface area contributed by atoms with Crippen molar-refractivity contribution < 1.29 is 4.74 Å². The van der Waals surface area contributed by atoms with Gasteiger partial charge in [-0.15, -0.1) is 11.3 Å². The minimum Gasteiger partial charge on any atom is -0.491 e. The lowest BCUT2D eigenvalue weighted by Gasteiger charge is -2.28. The Morgan fingerprint density at radius 1 is 1.31 bits per heavy atom. The first-order valence-electron chi connectivity index (χ1n) is 10.6. The summed E-state index contributed by atoms with van der Waals surface area (Å²) in [5.74, 6) is 0.952. The number of rotatable bonds is 6. The van der Waals surface area contributed by atoms with E-state index in [1.807, 2.05) is 6.20 Å². The van der Waals surface area contributed by atoms with Gasteiger partial charge in [0.25, 0.3) is 0 Å². The second kappa shape index (κ2) is 8.68. The molecule has 1 aromatic carbocycles. The Morgan fingerprint density at radius 2 is 2.17 bits per heavy atom. The third-order valence-electron chi connectivity index (χ3n) is 5.56. The third-order valence-corrected chi connectivity index (χ3v) is 6.64. The highest BCUT2D eigenvalue weighted by atomic mass is 32.1. The fourth-order valence-electron chi connectivity index (χ4n) is 4.19. The van der Waals surface area contributed by atoms with Crippen LogP contribution in [-0.4, -0.2) is 23.7 Å². The van der Waals surface area contributed by atoms with Gasteiger partial charge in [-0.25, -0.2) is 4.98 Å². The smallest absolute Gasteiger partial charge is 0.123 e. The zero-order valence-electron chi connectivity index (χ0n) is 17.8. The summed E-state index contributed by atoms with van der Waals surface area (Å²) >= 11 is 1.79. The van der Waals surface area contributed by atoms with Gasteiger partial charge in [0.2, 0.25) is 0 Å². The summed E-state index contributed by atoms with van der Waals surface area (Å²) in [6.07, 6.45) is 12.4. The molecule has 4 rings (SSSR count). The molecule has 1 atom stereocenters. The minimum absolute atomic E-state index is 0.183. The molecule has 2 aliphatic rings. The highest BCUT2D eigenvalue weighted by Crippen LogP contribution is 2.39. The zero-order valence-corrected chi connectivity index (χ0v) is 18.6. The largest absolute Gasteiger partial charge is 0.491 e. The van der Waals surface area contributed by atoms with Gasteiger partial charge in [-0.1, -0.05) is 30.7 Å². The molecule has 1 N–H and O–H groups in total. The number of hydrogen-bond acceptors (Lipinski definition) is 4. The van der Waals surface area contributed by atoms with Gasteiger partial charge in [0.15, 0.2) is 0 Å². The predicted octanol–water partition coefficient (Wildman–Crippen LogP) is 6.32. The molecule has 1 saturated carbocycles. The highest BCUT2D eigenvalue weighted by Gasteiger charge is 2.24. The van der Waals surface area contributed by atoms with Crippen molar-refractivity contribution in [2.24, 2.45) is 0 Å². The van der Waals surface area contributed by atoms with Gasteiger partial charge in [0.1, 0.15) is 10.8 Å². The van der Waals surface area contributed by atoms with Crippen LogP contribution in [0.15, 0.2) is 53.8 Å². The van der Waals surface area contributed by atoms with Crippen molar-refractivity contribution in [2.75, 3.05) is 6.54 Å². The molecular weight excluding hydrogens is 376 g/mol. The SMILES string of the molecule is CCNC1CCC2=C(c3cnc(-c4ccc(OC(C)C)c(C)c4)s3)C=CC=C1C2. The molecule has 1 aromatic heterocycles. The van der Waals surface area contributed by atoms with Crippen LogP contribution in [0.3, 0.4) is 0 Å². The van der Waals surface area contributed by atoms with E-state index in [9.17, 15) is 0 Å². The topological polar surface area (TPSA) is 34.2 Å². The maximum absolute atomic E-state index is 5.88. The second-order valence-electron chi connectivity index (χ2n) is 8.12. The molecule has 0 amide bonds. The van der Waals surface area contributed by atoms with Gasteiger partial charge < -0.3 is 10.1 Å². The maximum atomic E-state index is 5.88. The number of thiazole rings is 1. The van der Waals surface area contributed by atoms with Crippen molar-refractivity contribution in [3.63, 3.8) is 0 Å². The molecule has 2 bridgehead atoms. The van der Waals surface area contributed by atoms with Crippen LogP contribution in [0, 0.1) is 6.92 Å². The standard InChI is InChI=1S/C25H30N2OS/c1-5-26-22-11-9-18-14-19(22)7-6-8-21(18)24-15-27-25(29-24)20-10-12-23(17(4)13-20)28-16(2)3/h6-8,10,12-13,15-16,22,26H,5,9,11,14H2,1-4H3. The fourth-order valence-corrected chi connectivity index (χ4v) is 5.18. The predicted molar refractivity (Wildman–Crippen MR) is 124 cm³/mol. The first-order valence-corrected chi connectivity index (χ1v) is 11.4. The monoisotopic (exact) mass is 406 g/mol. The number of nitrogens with zero attached hydrogens (tertiary/aromatic N) is 1. The Morgan fingerprint density at radius 3 is 2.93 bits per heavy atom. The summed E-state index contributed by atoms with van der Waals surface area (Å²) in [6, 6.07) is 6.90. The van der Waals surface area contributed by atoms with E-state index in [0.717, 1.165) is 41.3 Å². The van der Waals surface area contributed by atoms with E-state index in [4.69, 9.17) is 9.72 Å². The van der Waals surface area contributed by atoms with Crippen LogP contribution < -0.4 is 10.1 Å². The van der Waals surface area contributed by atoms with Gasteiger partial charge in [-0.3, -0.25) is 0 Å². The molecule has 0 radical (unpaired) electrons. The van der Waals surface area contributed by atoms with Gasteiger partial charge >= 0.3 is 0 Å². The Bertz CT molecular complexity index is 980. The number of fused-ring (bicyclic) bond motifs is 2. The Labute approximate surface area is 178 Å². The third kappa shape index (κ3) is 4.39. The van der Waals surface area contributed by atoms with Gasteiger partial charge in [-0.2, -0.15) is 0 Å². The van der Waals surface area contributed by atoms with Gasteiger partial charge in [-0.05, 0) is 81.5 Å². The van der Waals surface area contributed by atoms with E-state index < -0.39 is 0 Å². The van der Waals surface area contributed by atoms with Crippen molar-refractivity contribution in [2.45, 2.75) is 59.1 Å². The molecular formula is C25H30N2OS. The molecule has 0 spiro atoms. The number of benzene rings is 1. The molecule has 1 heterocycles. The molecule has 1 unspecified atom stereocenters. The van der Waals surface area contributed by atoms with Crippen molar-refractivity contribution in [1.29, 1.82) is 0 Å². The van der Waals surface area contributed by atoms with Crippen LogP contribution >= 0.6 is 11.3 Å². The Hall–Kier alpha value is -2.17. The summed E-state index contributed by atoms with van der Waals surface area (Å²) in [5, 5.41) is 4.69. The Balaban J connectivity index is 1.59. The van der Waals surface area contributed by atoms with E-state index >= 15 is 0 Å². The van der Waals surface area contributed by atoms with Crippen LogP contribution in [-0.2, 0) is 0 Å². The summed E-state index contributed by atoms with van der Waals surface area (Å²) < 4.78 is 5.88. The van der Waals surface area contributed by atoms with Crippen LogP contribution in [0.1, 0.15) is 50.5 Å². The van der Waals surface area contributed by atoms with Crippen LogP contribution in [0.2, 0.25) is 0 Å². The number of allylic oxidation sites excluding steroid dienone is 5. The number of aromatic nitrogens is 1. The number of ether oxygens (including phenoxy) is 1. The number of hydrogen-bond donors (Lipinski definition) is 1. The number of aryl methyl sites for hydroxylation is 1. The van der Waals surface area contributed by atoms with Crippen LogP contribution in [0.5, 0.6) is 5.75 Å². The minimum atomic E-state index is 0.183. The summed E-state index contributed by atoms with van der Waals surface area (Å²) in [4.78, 5) is 6.02. The molecule has 152 valence electrons. The first-order chi connectivity index (χ1) is 14.0. The van der Waals surface area contributed by atoms with E-state index in [1.165, 1.54) is 22.4 Å². The fraction of sp³-hybridized carbons (Fsp3) is 0.400. The highest BCUT2D eigenvalue weighted by molar-refractivity contribution is 7.16. The lowest BCUT2D eigenvalue weighted by molar-refractivity contribution is 0.241. The van der Waals surface area contributed by atoms with Gasteiger partial charge in [0, 0.05) is 17.8 Å². The molecule has 3 nitrogen and oxygen atoms in total. The van der Waals surface area contributed by atoms with Gasteiger partial charge in [0.05, 0.1) is 11.0 Å². The van der Waals surface area contributed by atoms with E-state index in [-0.39, 0.29) is 6.10 Å². The van der Waals surface area contributed by atoms with Crippen molar-refractivity contribution in [1.82, 2.24) is 10.3 Å². The van der Waals surface area contributed by atoms with Crippen molar-refractivity contribution in [3.05, 3.63) is 64.2 Å². The first kappa shape index (κ1) is 20.1. The van der Waals surface area contributed by atoms with Crippen molar-refractivity contribution >= 4 is 16.9 Å². The normalized spacial score (nSPS) is 18.8. The average molecular weight is 407 g/mol. The second-order valence-corrected chi connectivity index (χ2v) is 9.15. The Kier molecular flexibility index (Phi) is 6.02.